The summed E-state index contributed by atoms with van der Waals surface area (Å²) in [5.41, 5.74) is 10.2. The normalized spacial score (nSPS) is 10.7. The summed E-state index contributed by atoms with van der Waals surface area (Å²) >= 11 is 0. The van der Waals surface area contributed by atoms with Crippen molar-refractivity contribution in [1.82, 2.24) is 9.97 Å². The van der Waals surface area contributed by atoms with E-state index in [2.05, 4.69) is 46.5 Å². The third-order valence-electron chi connectivity index (χ3n) is 3.41. The molecule has 0 aliphatic heterocycles. The van der Waals surface area contributed by atoms with E-state index < -0.39 is 0 Å². The number of nitrogens with zero attached hydrogens (tertiary/aromatic N) is 2. The Bertz CT molecular complexity index is 781. The first-order valence-corrected chi connectivity index (χ1v) is 6.50. The monoisotopic (exact) mass is 264 g/mol. The van der Waals surface area contributed by atoms with Crippen LogP contribution < -0.4 is 11.1 Å². The highest BCUT2D eigenvalue weighted by atomic mass is 15.1. The summed E-state index contributed by atoms with van der Waals surface area (Å²) in [5, 5.41) is 4.02. The van der Waals surface area contributed by atoms with Gasteiger partial charge in [-0.1, -0.05) is 30.3 Å². The first-order chi connectivity index (χ1) is 9.69. The second-order valence-electron chi connectivity index (χ2n) is 4.73. The Labute approximate surface area is 117 Å². The molecular formula is C16H16N4. The minimum atomic E-state index is 0.281. The number of nitrogens with one attached hydrogen (secondary N) is 1. The number of nitrogen functional groups attached to an aromatic ring is 1. The number of rotatable bonds is 2. The number of nitrogens with two attached hydrogens (primary N) is 1. The van der Waals surface area contributed by atoms with Gasteiger partial charge in [-0.15, -0.1) is 0 Å². The smallest absolute Gasteiger partial charge is 0.222 e. The van der Waals surface area contributed by atoms with E-state index in [9.17, 15) is 0 Å². The second kappa shape index (κ2) is 4.81. The lowest BCUT2D eigenvalue weighted by Gasteiger charge is -2.09. The van der Waals surface area contributed by atoms with Crippen LogP contribution in [0.5, 0.6) is 0 Å². The molecule has 0 radical (unpaired) electrons. The van der Waals surface area contributed by atoms with E-state index in [0.29, 0.717) is 0 Å². The fourth-order valence-corrected chi connectivity index (χ4v) is 2.40. The molecule has 100 valence electrons. The van der Waals surface area contributed by atoms with Gasteiger partial charge in [0.05, 0.1) is 5.52 Å². The van der Waals surface area contributed by atoms with E-state index in [1.807, 2.05) is 25.2 Å². The standard InChI is InChI=1S/C16H16N4/c1-10-5-3-4-6-12(10)11-7-8-13-14(9-11)19-16(17)20-15(13)18-2/h3-9H,1-2H3,(H3,17,18,19,20). The van der Waals surface area contributed by atoms with Gasteiger partial charge in [0.2, 0.25) is 5.95 Å². The van der Waals surface area contributed by atoms with Gasteiger partial charge >= 0.3 is 0 Å². The van der Waals surface area contributed by atoms with Crippen molar-refractivity contribution >= 4 is 22.7 Å². The van der Waals surface area contributed by atoms with Crippen molar-refractivity contribution in [2.75, 3.05) is 18.1 Å². The Morgan fingerprint density at radius 3 is 2.60 bits per heavy atom. The largest absolute Gasteiger partial charge is 0.372 e. The number of hydrogen-bond donors (Lipinski definition) is 2. The molecule has 2 aromatic carbocycles. The van der Waals surface area contributed by atoms with Crippen LogP contribution in [0.2, 0.25) is 0 Å². The van der Waals surface area contributed by atoms with Crippen molar-refractivity contribution in [1.29, 1.82) is 0 Å². The fourth-order valence-electron chi connectivity index (χ4n) is 2.40. The van der Waals surface area contributed by atoms with Crippen LogP contribution in [0.3, 0.4) is 0 Å². The lowest BCUT2D eigenvalue weighted by atomic mass is 9.99. The fraction of sp³-hybridized carbons (Fsp3) is 0.125. The van der Waals surface area contributed by atoms with Crippen LogP contribution in [0.25, 0.3) is 22.0 Å². The highest BCUT2D eigenvalue weighted by molar-refractivity contribution is 5.93. The minimum absolute atomic E-state index is 0.281. The zero-order chi connectivity index (χ0) is 14.1. The molecule has 0 spiro atoms. The Morgan fingerprint density at radius 1 is 1.05 bits per heavy atom. The molecule has 0 amide bonds. The van der Waals surface area contributed by atoms with Gasteiger partial charge in [0.25, 0.3) is 0 Å². The number of benzene rings is 2. The molecular weight excluding hydrogens is 248 g/mol. The van der Waals surface area contributed by atoms with Crippen LogP contribution in [-0.4, -0.2) is 17.0 Å². The number of fused-ring (bicyclic) bond motifs is 1. The van der Waals surface area contributed by atoms with Crippen molar-refractivity contribution in [2.45, 2.75) is 6.92 Å². The van der Waals surface area contributed by atoms with Gasteiger partial charge in [0.1, 0.15) is 5.82 Å². The maximum absolute atomic E-state index is 5.76. The topological polar surface area (TPSA) is 63.8 Å². The molecule has 1 heterocycles. The summed E-state index contributed by atoms with van der Waals surface area (Å²) < 4.78 is 0. The molecule has 20 heavy (non-hydrogen) atoms. The van der Waals surface area contributed by atoms with Crippen LogP contribution in [0.15, 0.2) is 42.5 Å². The third-order valence-corrected chi connectivity index (χ3v) is 3.41. The number of aryl methyl sites for hydroxylation is 1. The maximum Gasteiger partial charge on any atom is 0.222 e. The first kappa shape index (κ1) is 12.4. The average Bonchev–Trinajstić information content (AvgIpc) is 2.46. The van der Waals surface area contributed by atoms with Gasteiger partial charge in [-0.05, 0) is 35.7 Å². The van der Waals surface area contributed by atoms with Gasteiger partial charge in [0, 0.05) is 12.4 Å². The first-order valence-electron chi connectivity index (χ1n) is 6.50. The van der Waals surface area contributed by atoms with Gasteiger partial charge in [-0.25, -0.2) is 4.98 Å². The molecule has 3 rings (SSSR count). The summed E-state index contributed by atoms with van der Waals surface area (Å²) in [6.45, 7) is 2.10. The molecule has 0 fully saturated rings. The molecule has 0 bridgehead atoms. The van der Waals surface area contributed by atoms with Crippen LogP contribution >= 0.6 is 0 Å². The lowest BCUT2D eigenvalue weighted by molar-refractivity contribution is 1.22. The Kier molecular flexibility index (Phi) is 2.99. The summed E-state index contributed by atoms with van der Waals surface area (Å²) in [6, 6.07) is 14.5. The zero-order valence-corrected chi connectivity index (χ0v) is 11.5. The molecule has 0 saturated heterocycles. The van der Waals surface area contributed by atoms with Crippen molar-refractivity contribution in [3.63, 3.8) is 0 Å². The Balaban J connectivity index is 2.23. The van der Waals surface area contributed by atoms with Gasteiger partial charge in [-0.2, -0.15) is 4.98 Å². The Morgan fingerprint density at radius 2 is 1.85 bits per heavy atom. The minimum Gasteiger partial charge on any atom is -0.372 e. The van der Waals surface area contributed by atoms with Crippen LogP contribution in [0.4, 0.5) is 11.8 Å². The molecule has 3 aromatic rings. The van der Waals surface area contributed by atoms with Crippen LogP contribution in [0.1, 0.15) is 5.56 Å². The third kappa shape index (κ3) is 2.05. The zero-order valence-electron chi connectivity index (χ0n) is 11.5. The SMILES string of the molecule is CNc1nc(N)nc2cc(-c3ccccc3C)ccc12. The lowest BCUT2D eigenvalue weighted by Crippen LogP contribution is -2.01. The Hall–Kier alpha value is -2.62. The average molecular weight is 264 g/mol. The molecule has 4 heteroatoms. The molecule has 1 aromatic heterocycles. The molecule has 0 saturated carbocycles. The summed E-state index contributed by atoms with van der Waals surface area (Å²) in [4.78, 5) is 8.52. The molecule has 4 nitrogen and oxygen atoms in total. The number of anilines is 2. The summed E-state index contributed by atoms with van der Waals surface area (Å²) in [6.07, 6.45) is 0. The van der Waals surface area contributed by atoms with Crippen LogP contribution in [0, 0.1) is 6.92 Å². The quantitative estimate of drug-likeness (QED) is 0.746. The number of hydrogen-bond acceptors (Lipinski definition) is 4. The molecule has 0 unspecified atom stereocenters. The maximum atomic E-state index is 5.76. The van der Waals surface area contributed by atoms with Crippen molar-refractivity contribution in [2.24, 2.45) is 0 Å². The van der Waals surface area contributed by atoms with Crippen molar-refractivity contribution in [3.05, 3.63) is 48.0 Å². The predicted molar refractivity (Wildman–Crippen MR) is 83.7 cm³/mol. The molecule has 0 aliphatic rings. The number of aromatic nitrogens is 2. The van der Waals surface area contributed by atoms with Gasteiger partial charge in [-0.3, -0.25) is 0 Å². The summed E-state index contributed by atoms with van der Waals surface area (Å²) in [7, 11) is 1.83. The molecule has 0 aliphatic carbocycles. The van der Waals surface area contributed by atoms with Gasteiger partial charge in [0.15, 0.2) is 0 Å². The van der Waals surface area contributed by atoms with Crippen molar-refractivity contribution < 1.29 is 0 Å². The van der Waals surface area contributed by atoms with Crippen LogP contribution in [-0.2, 0) is 0 Å². The van der Waals surface area contributed by atoms with E-state index in [0.717, 1.165) is 22.3 Å². The van der Waals surface area contributed by atoms with Gasteiger partial charge < -0.3 is 11.1 Å². The molecule has 3 N–H and O–H groups in total. The van der Waals surface area contributed by atoms with Crippen molar-refractivity contribution in [3.8, 4) is 11.1 Å². The van der Waals surface area contributed by atoms with E-state index in [1.165, 1.54) is 11.1 Å². The molecule has 0 atom stereocenters. The predicted octanol–water partition coefficient (Wildman–Crippen LogP) is 3.23. The second-order valence-corrected chi connectivity index (χ2v) is 4.73. The highest BCUT2D eigenvalue weighted by Gasteiger charge is 2.07. The van der Waals surface area contributed by atoms with E-state index in [4.69, 9.17) is 5.73 Å². The van der Waals surface area contributed by atoms with E-state index >= 15 is 0 Å². The highest BCUT2D eigenvalue weighted by Crippen LogP contribution is 2.28. The van der Waals surface area contributed by atoms with E-state index in [1.54, 1.807) is 0 Å². The van der Waals surface area contributed by atoms with E-state index in [-0.39, 0.29) is 5.95 Å². The summed E-state index contributed by atoms with van der Waals surface area (Å²) in [5.74, 6) is 1.03.